The highest BCUT2D eigenvalue weighted by Crippen LogP contribution is 2.39. The Morgan fingerprint density at radius 2 is 1.90 bits per heavy atom. The van der Waals surface area contributed by atoms with Gasteiger partial charge in [-0.3, -0.25) is 4.79 Å². The Bertz CT molecular complexity index is 663. The second kappa shape index (κ2) is 5.56. The summed E-state index contributed by atoms with van der Waals surface area (Å²) >= 11 is 0. The van der Waals surface area contributed by atoms with Gasteiger partial charge in [-0.25, -0.2) is 4.39 Å². The van der Waals surface area contributed by atoms with Gasteiger partial charge in [-0.15, -0.1) is 0 Å². The number of amides is 1. The molecule has 0 heterocycles. The van der Waals surface area contributed by atoms with Gasteiger partial charge in [-0.1, -0.05) is 24.3 Å². The lowest BCUT2D eigenvalue weighted by Crippen LogP contribution is -2.13. The van der Waals surface area contributed by atoms with Crippen molar-refractivity contribution < 1.29 is 9.18 Å². The van der Waals surface area contributed by atoms with Crippen molar-refractivity contribution in [3.05, 3.63) is 65.0 Å². The van der Waals surface area contributed by atoms with Crippen LogP contribution in [-0.2, 0) is 6.54 Å². The third-order valence-corrected chi connectivity index (χ3v) is 3.76. The zero-order valence-corrected chi connectivity index (χ0v) is 11.6. The minimum Gasteiger partial charge on any atom is -0.381 e. The lowest BCUT2D eigenvalue weighted by atomic mass is 10.1. The molecule has 0 aromatic heterocycles. The molecule has 0 unspecified atom stereocenters. The molecule has 0 aliphatic heterocycles. The number of hydrogen-bond donors (Lipinski definition) is 2. The van der Waals surface area contributed by atoms with Crippen LogP contribution in [0.3, 0.4) is 0 Å². The molecule has 2 aromatic carbocycles. The van der Waals surface area contributed by atoms with E-state index in [2.05, 4.69) is 29.6 Å². The quantitative estimate of drug-likeness (QED) is 0.884. The van der Waals surface area contributed by atoms with Crippen LogP contribution in [0.25, 0.3) is 0 Å². The number of hydrogen-bond acceptors (Lipinski definition) is 2. The van der Waals surface area contributed by atoms with Gasteiger partial charge in [0.15, 0.2) is 0 Å². The predicted octanol–water partition coefficient (Wildman–Crippen LogP) is 3.41. The molecule has 1 amide bonds. The van der Waals surface area contributed by atoms with E-state index in [4.69, 9.17) is 5.73 Å². The molecule has 0 spiro atoms. The number of benzene rings is 2. The SMILES string of the molecule is NC(=O)c1cc(NCc2ccc(C3CC3)cc2)ccc1F. The van der Waals surface area contributed by atoms with Gasteiger partial charge >= 0.3 is 0 Å². The summed E-state index contributed by atoms with van der Waals surface area (Å²) in [7, 11) is 0. The van der Waals surface area contributed by atoms with Gasteiger partial charge in [-0.2, -0.15) is 0 Å². The van der Waals surface area contributed by atoms with Crippen LogP contribution < -0.4 is 11.1 Å². The molecule has 0 radical (unpaired) electrons. The molecule has 2 aromatic rings. The van der Waals surface area contributed by atoms with Crippen molar-refractivity contribution in [3.8, 4) is 0 Å². The number of primary amides is 1. The second-order valence-corrected chi connectivity index (χ2v) is 5.43. The van der Waals surface area contributed by atoms with E-state index in [1.807, 2.05) is 0 Å². The molecule has 3 N–H and O–H groups in total. The van der Waals surface area contributed by atoms with Gasteiger partial charge in [-0.05, 0) is 48.1 Å². The minimum atomic E-state index is -0.759. The summed E-state index contributed by atoms with van der Waals surface area (Å²) in [5.74, 6) is -0.603. The van der Waals surface area contributed by atoms with Crippen molar-refractivity contribution >= 4 is 11.6 Å². The first-order valence-electron chi connectivity index (χ1n) is 7.05. The standard InChI is InChI=1S/C17H17FN2O/c18-16-8-7-14(9-15(16)17(19)21)20-10-11-1-3-12(4-2-11)13-5-6-13/h1-4,7-9,13,20H,5-6,10H2,(H2,19,21). The average molecular weight is 284 g/mol. The van der Waals surface area contributed by atoms with E-state index in [1.165, 1.54) is 30.5 Å². The fraction of sp³-hybridized carbons (Fsp3) is 0.235. The zero-order valence-electron chi connectivity index (χ0n) is 11.6. The van der Waals surface area contributed by atoms with Gasteiger partial charge in [0, 0.05) is 12.2 Å². The summed E-state index contributed by atoms with van der Waals surface area (Å²) in [6, 6.07) is 12.8. The van der Waals surface area contributed by atoms with Crippen molar-refractivity contribution in [2.24, 2.45) is 5.73 Å². The van der Waals surface area contributed by atoms with E-state index in [9.17, 15) is 9.18 Å². The Kier molecular flexibility index (Phi) is 3.60. The third-order valence-electron chi connectivity index (χ3n) is 3.76. The molecule has 21 heavy (non-hydrogen) atoms. The summed E-state index contributed by atoms with van der Waals surface area (Å²) in [5.41, 5.74) is 8.26. The molecular weight excluding hydrogens is 267 g/mol. The van der Waals surface area contributed by atoms with E-state index in [-0.39, 0.29) is 5.56 Å². The van der Waals surface area contributed by atoms with Crippen LogP contribution in [-0.4, -0.2) is 5.91 Å². The maximum Gasteiger partial charge on any atom is 0.251 e. The normalized spacial score (nSPS) is 14.0. The van der Waals surface area contributed by atoms with Gasteiger partial charge in [0.05, 0.1) is 5.56 Å². The molecular formula is C17H17FN2O. The second-order valence-electron chi connectivity index (χ2n) is 5.43. The molecule has 4 heteroatoms. The molecule has 1 saturated carbocycles. The molecule has 108 valence electrons. The number of carbonyl (C=O) groups excluding carboxylic acids is 1. The number of nitrogens with one attached hydrogen (secondary N) is 1. The van der Waals surface area contributed by atoms with Crippen molar-refractivity contribution in [1.29, 1.82) is 0 Å². The predicted molar refractivity (Wildman–Crippen MR) is 80.7 cm³/mol. The molecule has 3 nitrogen and oxygen atoms in total. The smallest absolute Gasteiger partial charge is 0.251 e. The number of anilines is 1. The van der Waals surface area contributed by atoms with E-state index in [1.54, 1.807) is 6.07 Å². The molecule has 1 aliphatic rings. The van der Waals surface area contributed by atoms with Gasteiger partial charge in [0.2, 0.25) is 0 Å². The fourth-order valence-electron chi connectivity index (χ4n) is 2.35. The summed E-state index contributed by atoms with van der Waals surface area (Å²) in [6.45, 7) is 0.620. The summed E-state index contributed by atoms with van der Waals surface area (Å²) in [6.07, 6.45) is 2.59. The van der Waals surface area contributed by atoms with Crippen molar-refractivity contribution in [2.45, 2.75) is 25.3 Å². The Balaban J connectivity index is 1.66. The van der Waals surface area contributed by atoms with Crippen LogP contribution in [0.15, 0.2) is 42.5 Å². The van der Waals surface area contributed by atoms with Crippen LogP contribution >= 0.6 is 0 Å². The Morgan fingerprint density at radius 3 is 2.52 bits per heavy atom. The first-order chi connectivity index (χ1) is 10.1. The summed E-state index contributed by atoms with van der Waals surface area (Å²) < 4.78 is 13.4. The van der Waals surface area contributed by atoms with Gasteiger partial charge in [0.1, 0.15) is 5.82 Å². The molecule has 3 rings (SSSR count). The van der Waals surface area contributed by atoms with E-state index in [0.717, 1.165) is 11.5 Å². The first kappa shape index (κ1) is 13.6. The summed E-state index contributed by atoms with van der Waals surface area (Å²) in [5, 5.41) is 3.17. The summed E-state index contributed by atoms with van der Waals surface area (Å²) in [4.78, 5) is 11.1. The van der Waals surface area contributed by atoms with Crippen LogP contribution in [0, 0.1) is 5.82 Å². The largest absolute Gasteiger partial charge is 0.381 e. The van der Waals surface area contributed by atoms with Gasteiger partial charge in [0.25, 0.3) is 5.91 Å². The number of carbonyl (C=O) groups is 1. The van der Waals surface area contributed by atoms with Crippen molar-refractivity contribution in [3.63, 3.8) is 0 Å². The maximum absolute atomic E-state index is 13.4. The Hall–Kier alpha value is -2.36. The average Bonchev–Trinajstić information content (AvgIpc) is 3.31. The Morgan fingerprint density at radius 1 is 1.19 bits per heavy atom. The minimum absolute atomic E-state index is 0.0934. The van der Waals surface area contributed by atoms with Crippen LogP contribution in [0.5, 0.6) is 0 Å². The Labute approximate surface area is 123 Å². The lowest BCUT2D eigenvalue weighted by molar-refractivity contribution is 0.0996. The maximum atomic E-state index is 13.4. The highest BCUT2D eigenvalue weighted by atomic mass is 19.1. The monoisotopic (exact) mass is 284 g/mol. The van der Waals surface area contributed by atoms with Crippen LogP contribution in [0.4, 0.5) is 10.1 Å². The third kappa shape index (κ3) is 3.21. The molecule has 0 atom stereocenters. The highest BCUT2D eigenvalue weighted by Gasteiger charge is 2.22. The van der Waals surface area contributed by atoms with Crippen LogP contribution in [0.1, 0.15) is 40.2 Å². The lowest BCUT2D eigenvalue weighted by Gasteiger charge is -2.09. The number of halogens is 1. The highest BCUT2D eigenvalue weighted by molar-refractivity contribution is 5.94. The first-order valence-corrected chi connectivity index (χ1v) is 7.05. The molecule has 1 fully saturated rings. The van der Waals surface area contributed by atoms with E-state index < -0.39 is 11.7 Å². The fourth-order valence-corrected chi connectivity index (χ4v) is 2.35. The zero-order chi connectivity index (χ0) is 14.8. The van der Waals surface area contributed by atoms with Gasteiger partial charge < -0.3 is 11.1 Å². The molecule has 1 aliphatic carbocycles. The number of rotatable bonds is 5. The molecule has 0 bridgehead atoms. The van der Waals surface area contributed by atoms with Crippen molar-refractivity contribution in [2.75, 3.05) is 5.32 Å². The van der Waals surface area contributed by atoms with E-state index in [0.29, 0.717) is 12.2 Å². The van der Waals surface area contributed by atoms with E-state index >= 15 is 0 Å². The van der Waals surface area contributed by atoms with Crippen molar-refractivity contribution in [1.82, 2.24) is 0 Å². The number of nitrogens with two attached hydrogens (primary N) is 1. The van der Waals surface area contributed by atoms with Crippen LogP contribution in [0.2, 0.25) is 0 Å². The molecule has 0 saturated heterocycles. The topological polar surface area (TPSA) is 55.1 Å².